The smallest absolute Gasteiger partial charge is 0.406 e. The molecule has 0 aliphatic heterocycles. The van der Waals surface area contributed by atoms with Crippen LogP contribution >= 0.6 is 12.4 Å². The van der Waals surface area contributed by atoms with E-state index in [2.05, 4.69) is 4.74 Å². The molecule has 2 rings (SSSR count). The van der Waals surface area contributed by atoms with Gasteiger partial charge in [0.2, 0.25) is 0 Å². The Morgan fingerprint density at radius 3 is 2.41 bits per heavy atom. The number of halogens is 4. The number of nitrogens with two attached hydrogens (primary N) is 1. The molecule has 0 spiro atoms. The van der Waals surface area contributed by atoms with Crippen LogP contribution in [0.1, 0.15) is 43.7 Å². The largest absolute Gasteiger partial charge is 0.573 e. The lowest BCUT2D eigenvalue weighted by molar-refractivity contribution is -0.274. The predicted molar refractivity (Wildman–Crippen MR) is 79.9 cm³/mol. The van der Waals surface area contributed by atoms with Gasteiger partial charge in [0, 0.05) is 0 Å². The van der Waals surface area contributed by atoms with Crippen LogP contribution in [0.25, 0.3) is 0 Å². The number of rotatable bonds is 4. The summed E-state index contributed by atoms with van der Waals surface area (Å²) >= 11 is 0. The van der Waals surface area contributed by atoms with E-state index < -0.39 is 18.5 Å². The minimum atomic E-state index is -4.73. The van der Waals surface area contributed by atoms with Crippen molar-refractivity contribution in [2.24, 2.45) is 11.7 Å². The molecule has 126 valence electrons. The van der Waals surface area contributed by atoms with Gasteiger partial charge in [-0.15, -0.1) is 25.6 Å². The van der Waals surface area contributed by atoms with Crippen LogP contribution in [0.15, 0.2) is 24.3 Å². The first kappa shape index (κ1) is 19.1. The second-order valence-electron chi connectivity index (χ2n) is 5.53. The summed E-state index contributed by atoms with van der Waals surface area (Å²) in [5.74, 6) is -0.202. The van der Waals surface area contributed by atoms with Gasteiger partial charge >= 0.3 is 6.36 Å². The molecule has 0 radical (unpaired) electrons. The summed E-state index contributed by atoms with van der Waals surface area (Å²) in [4.78, 5) is 0. The minimum Gasteiger partial charge on any atom is -0.406 e. The summed E-state index contributed by atoms with van der Waals surface area (Å²) in [5, 5.41) is 10.3. The lowest BCUT2D eigenvalue weighted by Gasteiger charge is -2.30. The third kappa shape index (κ3) is 5.34. The summed E-state index contributed by atoms with van der Waals surface area (Å²) in [6.07, 6.45) is -0.372. The molecule has 0 amide bonds. The molecule has 3 N–H and O–H groups in total. The fourth-order valence-corrected chi connectivity index (χ4v) is 2.89. The fourth-order valence-electron chi connectivity index (χ4n) is 2.89. The van der Waals surface area contributed by atoms with Gasteiger partial charge in [0.15, 0.2) is 0 Å². The van der Waals surface area contributed by atoms with Crippen molar-refractivity contribution in [1.82, 2.24) is 0 Å². The Labute approximate surface area is 134 Å². The number of aliphatic hydroxyl groups excluding tert-OH is 1. The molecular weight excluding hydrogens is 319 g/mol. The van der Waals surface area contributed by atoms with Gasteiger partial charge in [-0.25, -0.2) is 0 Å². The predicted octanol–water partition coefficient (Wildman–Crippen LogP) is 3.95. The highest BCUT2D eigenvalue weighted by Gasteiger charge is 2.32. The van der Waals surface area contributed by atoms with E-state index in [-0.39, 0.29) is 24.1 Å². The van der Waals surface area contributed by atoms with Crippen LogP contribution in [0.2, 0.25) is 0 Å². The summed E-state index contributed by atoms with van der Waals surface area (Å²) in [5.41, 5.74) is 6.47. The zero-order chi connectivity index (χ0) is 15.5. The van der Waals surface area contributed by atoms with Crippen LogP contribution in [0, 0.1) is 5.92 Å². The number of benzene rings is 1. The van der Waals surface area contributed by atoms with Gasteiger partial charge in [-0.2, -0.15) is 0 Å². The maximum atomic E-state index is 12.2. The van der Waals surface area contributed by atoms with Crippen LogP contribution in [-0.2, 0) is 0 Å². The molecule has 7 heteroatoms. The Hall–Kier alpha value is -0.980. The molecule has 1 aromatic rings. The number of alkyl halides is 3. The molecule has 0 saturated heterocycles. The van der Waals surface area contributed by atoms with Gasteiger partial charge in [0.25, 0.3) is 0 Å². The zero-order valence-corrected chi connectivity index (χ0v) is 12.9. The van der Waals surface area contributed by atoms with Crippen molar-refractivity contribution in [1.29, 1.82) is 0 Å². The van der Waals surface area contributed by atoms with E-state index in [1.165, 1.54) is 18.2 Å². The maximum Gasteiger partial charge on any atom is 0.573 e. The van der Waals surface area contributed by atoms with Crippen molar-refractivity contribution in [3.8, 4) is 5.75 Å². The van der Waals surface area contributed by atoms with Crippen LogP contribution < -0.4 is 10.5 Å². The Balaban J connectivity index is 0.00000242. The summed E-state index contributed by atoms with van der Waals surface area (Å²) in [7, 11) is 0. The Morgan fingerprint density at radius 2 is 1.82 bits per heavy atom. The molecule has 22 heavy (non-hydrogen) atoms. The van der Waals surface area contributed by atoms with E-state index in [4.69, 9.17) is 5.73 Å². The minimum absolute atomic E-state index is 0. The van der Waals surface area contributed by atoms with Gasteiger partial charge in [0.05, 0.1) is 12.1 Å². The van der Waals surface area contributed by atoms with E-state index in [1.54, 1.807) is 6.07 Å². The molecular formula is C15H21ClF3NO2. The molecule has 3 nitrogen and oxygen atoms in total. The molecule has 0 aromatic heterocycles. The highest BCUT2D eigenvalue weighted by molar-refractivity contribution is 5.85. The summed E-state index contributed by atoms with van der Waals surface area (Å²) < 4.78 is 40.5. The number of aliphatic hydroxyl groups is 1. The molecule has 0 heterocycles. The molecule has 1 fully saturated rings. The highest BCUT2D eigenvalue weighted by atomic mass is 35.5. The number of hydrogen-bond acceptors (Lipinski definition) is 3. The van der Waals surface area contributed by atoms with Gasteiger partial charge < -0.3 is 15.6 Å². The van der Waals surface area contributed by atoms with Crippen molar-refractivity contribution >= 4 is 12.4 Å². The first-order chi connectivity index (χ1) is 9.87. The van der Waals surface area contributed by atoms with Crippen molar-refractivity contribution in [2.45, 2.75) is 50.6 Å². The van der Waals surface area contributed by atoms with Crippen LogP contribution in [0.5, 0.6) is 5.75 Å². The second-order valence-corrected chi connectivity index (χ2v) is 5.53. The van der Waals surface area contributed by atoms with Crippen molar-refractivity contribution in [2.75, 3.05) is 0 Å². The molecule has 1 aliphatic rings. The first-order valence-electron chi connectivity index (χ1n) is 7.16. The molecule has 0 unspecified atom stereocenters. The average molecular weight is 340 g/mol. The number of ether oxygens (including phenoxy) is 1. The van der Waals surface area contributed by atoms with Crippen LogP contribution in [0.3, 0.4) is 0 Å². The Bertz CT molecular complexity index is 464. The topological polar surface area (TPSA) is 55.5 Å². The van der Waals surface area contributed by atoms with Gasteiger partial charge in [-0.3, -0.25) is 0 Å². The first-order valence-corrected chi connectivity index (χ1v) is 7.16. The second kappa shape index (κ2) is 8.04. The molecule has 1 aromatic carbocycles. The fraction of sp³-hybridized carbons (Fsp3) is 0.600. The van der Waals surface area contributed by atoms with E-state index in [9.17, 15) is 18.3 Å². The third-order valence-corrected chi connectivity index (χ3v) is 3.98. The van der Waals surface area contributed by atoms with Gasteiger partial charge in [0.1, 0.15) is 5.75 Å². The molecule has 1 saturated carbocycles. The van der Waals surface area contributed by atoms with Crippen LogP contribution in [0.4, 0.5) is 13.2 Å². The van der Waals surface area contributed by atoms with Crippen molar-refractivity contribution < 1.29 is 23.0 Å². The average Bonchev–Trinajstić information content (AvgIpc) is 2.45. The van der Waals surface area contributed by atoms with E-state index in [1.807, 2.05) is 0 Å². The maximum absolute atomic E-state index is 12.2. The summed E-state index contributed by atoms with van der Waals surface area (Å²) in [6.45, 7) is 0. The third-order valence-electron chi connectivity index (χ3n) is 3.98. The van der Waals surface area contributed by atoms with Gasteiger partial charge in [-0.05, 0) is 36.5 Å². The highest BCUT2D eigenvalue weighted by Crippen LogP contribution is 2.32. The Morgan fingerprint density at radius 1 is 1.18 bits per heavy atom. The lowest BCUT2D eigenvalue weighted by Crippen LogP contribution is -2.34. The Kier molecular flexibility index (Phi) is 6.97. The van der Waals surface area contributed by atoms with Gasteiger partial charge in [-0.1, -0.05) is 31.4 Å². The zero-order valence-electron chi connectivity index (χ0n) is 12.1. The quantitative estimate of drug-likeness (QED) is 0.873. The monoisotopic (exact) mass is 339 g/mol. The standard InChI is InChI=1S/C15H20F3NO2.ClH/c16-15(17,18)21-12-8-4-7-11(9-12)13(19)14(20)10-5-2-1-3-6-10;/h4,7-10,13-14,20H,1-3,5-6,19H2;1H/t13-,14+;/m0./s1. The molecule has 0 bridgehead atoms. The molecule has 1 aliphatic carbocycles. The van der Waals surface area contributed by atoms with E-state index >= 15 is 0 Å². The molecule has 2 atom stereocenters. The number of hydrogen-bond donors (Lipinski definition) is 2. The SMILES string of the molecule is Cl.N[C@@H](c1cccc(OC(F)(F)F)c1)[C@H](O)C1CCCCC1. The van der Waals surface area contributed by atoms with E-state index in [0.29, 0.717) is 5.56 Å². The van der Waals surface area contributed by atoms with Crippen LogP contribution in [-0.4, -0.2) is 17.6 Å². The lowest BCUT2D eigenvalue weighted by atomic mass is 9.81. The van der Waals surface area contributed by atoms with E-state index in [0.717, 1.165) is 32.1 Å². The van der Waals surface area contributed by atoms with Crippen molar-refractivity contribution in [3.63, 3.8) is 0 Å². The van der Waals surface area contributed by atoms with Crippen molar-refractivity contribution in [3.05, 3.63) is 29.8 Å². The summed E-state index contributed by atoms with van der Waals surface area (Å²) in [6, 6.07) is 4.81. The normalized spacial score (nSPS) is 19.1.